The topological polar surface area (TPSA) is 150 Å². The average molecular weight is 484 g/mol. The summed E-state index contributed by atoms with van der Waals surface area (Å²) in [5.41, 5.74) is 2.15. The second-order valence-electron chi connectivity index (χ2n) is 7.64. The molecule has 0 spiro atoms. The van der Waals surface area contributed by atoms with Crippen molar-refractivity contribution < 1.29 is 28.5 Å². The summed E-state index contributed by atoms with van der Waals surface area (Å²) in [6.07, 6.45) is 1.04. The van der Waals surface area contributed by atoms with Gasteiger partial charge >= 0.3 is 5.97 Å². The monoisotopic (exact) mass is 483 g/mol. The van der Waals surface area contributed by atoms with Gasteiger partial charge in [0.15, 0.2) is 0 Å². The number of nitrogens with zero attached hydrogens (tertiary/aromatic N) is 2. The van der Waals surface area contributed by atoms with Gasteiger partial charge in [0.25, 0.3) is 0 Å². The van der Waals surface area contributed by atoms with Crippen LogP contribution in [0.1, 0.15) is 43.9 Å². The molecule has 32 heavy (non-hydrogen) atoms. The fourth-order valence-electron chi connectivity index (χ4n) is 2.98. The van der Waals surface area contributed by atoms with Crippen LogP contribution in [0, 0.1) is 0 Å². The van der Waals surface area contributed by atoms with E-state index in [-0.39, 0.29) is 18.3 Å². The summed E-state index contributed by atoms with van der Waals surface area (Å²) in [4.78, 5) is 19.4. The van der Waals surface area contributed by atoms with Crippen LogP contribution in [0.4, 0.5) is 5.95 Å². The zero-order valence-corrected chi connectivity index (χ0v) is 19.4. The van der Waals surface area contributed by atoms with Crippen LogP contribution in [0.3, 0.4) is 0 Å². The van der Waals surface area contributed by atoms with Gasteiger partial charge < -0.3 is 15.3 Å². The first-order chi connectivity index (χ1) is 14.9. The summed E-state index contributed by atoms with van der Waals surface area (Å²) in [6.45, 7) is 3.76. The van der Waals surface area contributed by atoms with E-state index >= 15 is 0 Å². The van der Waals surface area contributed by atoms with E-state index in [0.717, 1.165) is 6.26 Å². The molecule has 0 saturated carbocycles. The molecule has 0 aliphatic carbocycles. The van der Waals surface area contributed by atoms with Crippen molar-refractivity contribution in [3.05, 3.63) is 46.6 Å². The van der Waals surface area contributed by atoms with Gasteiger partial charge in [-0.15, -0.1) is 0 Å². The van der Waals surface area contributed by atoms with E-state index in [9.17, 15) is 23.4 Å². The van der Waals surface area contributed by atoms with Crippen molar-refractivity contribution in [3.8, 4) is 11.3 Å². The van der Waals surface area contributed by atoms with Crippen molar-refractivity contribution in [1.29, 1.82) is 0 Å². The Hall–Kier alpha value is -2.53. The highest BCUT2D eigenvalue weighted by Gasteiger charge is 2.19. The average Bonchev–Trinajstić information content (AvgIpc) is 2.64. The van der Waals surface area contributed by atoms with Crippen LogP contribution >= 0.6 is 11.6 Å². The zero-order chi connectivity index (χ0) is 24.1. The number of aliphatic hydroxyl groups is 2. The van der Waals surface area contributed by atoms with E-state index in [4.69, 9.17) is 16.7 Å². The third-order valence-electron chi connectivity index (χ3n) is 4.33. The lowest BCUT2D eigenvalue weighted by molar-refractivity contribution is -0.139. The van der Waals surface area contributed by atoms with Crippen LogP contribution < -0.4 is 4.72 Å². The molecule has 9 nitrogen and oxygen atoms in total. The van der Waals surface area contributed by atoms with E-state index < -0.39 is 34.6 Å². The number of carboxylic acid groups (broad SMARTS) is 1. The molecule has 4 N–H and O–H groups in total. The Morgan fingerprint density at radius 2 is 1.81 bits per heavy atom. The van der Waals surface area contributed by atoms with Crippen molar-refractivity contribution in [2.75, 3.05) is 11.0 Å². The molecule has 0 aliphatic heterocycles. The molecule has 0 radical (unpaired) electrons. The summed E-state index contributed by atoms with van der Waals surface area (Å²) in [7, 11) is -3.62. The maximum absolute atomic E-state index is 11.7. The molecule has 0 saturated heterocycles. The number of anilines is 1. The van der Waals surface area contributed by atoms with E-state index in [0.29, 0.717) is 27.5 Å². The molecule has 0 bridgehead atoms. The largest absolute Gasteiger partial charge is 0.481 e. The molecule has 0 amide bonds. The van der Waals surface area contributed by atoms with Gasteiger partial charge in [0.05, 0.1) is 36.3 Å². The maximum atomic E-state index is 11.7. The van der Waals surface area contributed by atoms with Crippen LogP contribution in [-0.4, -0.2) is 58.1 Å². The van der Waals surface area contributed by atoms with Crippen molar-refractivity contribution in [1.82, 2.24) is 9.97 Å². The Balaban J connectivity index is 2.55. The lowest BCUT2D eigenvalue weighted by Crippen LogP contribution is -2.19. The van der Waals surface area contributed by atoms with Crippen LogP contribution in [0.25, 0.3) is 17.3 Å². The molecular weight excluding hydrogens is 458 g/mol. The summed E-state index contributed by atoms with van der Waals surface area (Å²) in [5, 5.41) is 29.3. The first kappa shape index (κ1) is 25.7. The minimum atomic E-state index is -3.62. The van der Waals surface area contributed by atoms with Gasteiger partial charge in [-0.2, -0.15) is 0 Å². The number of carbonyl (C=O) groups is 1. The van der Waals surface area contributed by atoms with Crippen molar-refractivity contribution in [2.24, 2.45) is 0 Å². The quantitative estimate of drug-likeness (QED) is 0.403. The summed E-state index contributed by atoms with van der Waals surface area (Å²) < 4.78 is 25.8. The van der Waals surface area contributed by atoms with Gasteiger partial charge in [0.1, 0.15) is 0 Å². The molecule has 0 fully saturated rings. The minimum absolute atomic E-state index is 0.0873. The fraction of sp³-hybridized carbons (Fsp3) is 0.381. The highest BCUT2D eigenvalue weighted by atomic mass is 35.5. The highest BCUT2D eigenvalue weighted by Crippen LogP contribution is 2.31. The molecule has 2 atom stereocenters. The van der Waals surface area contributed by atoms with E-state index in [1.807, 2.05) is 13.8 Å². The number of hydrogen-bond acceptors (Lipinski definition) is 7. The lowest BCUT2D eigenvalue weighted by Gasteiger charge is -2.17. The van der Waals surface area contributed by atoms with Gasteiger partial charge in [-0.05, 0) is 18.1 Å². The van der Waals surface area contributed by atoms with Crippen molar-refractivity contribution in [3.63, 3.8) is 0 Å². The van der Waals surface area contributed by atoms with Crippen LogP contribution in [0.2, 0.25) is 5.02 Å². The Morgan fingerprint density at radius 1 is 1.19 bits per heavy atom. The van der Waals surface area contributed by atoms with Gasteiger partial charge in [-0.3, -0.25) is 9.52 Å². The number of aromatic nitrogens is 2. The summed E-state index contributed by atoms with van der Waals surface area (Å²) in [5.74, 6) is -1.38. The first-order valence-electron chi connectivity index (χ1n) is 9.77. The fourth-order valence-corrected chi connectivity index (χ4v) is 3.53. The molecule has 1 heterocycles. The molecule has 2 rings (SSSR count). The standard InChI is InChI=1S/C21H26ClN3O6S/c1-12(2)19-17(9-8-15(26)10-16(27)11-18(28)29)20(13-4-6-14(22)7-5-13)24-21(23-19)25-32(3,30)31/h4-9,12,15-16,26-27H,10-11H2,1-3H3,(H,28,29)(H,23,24,25)/b9-8+. The number of aliphatic hydroxyl groups excluding tert-OH is 2. The zero-order valence-electron chi connectivity index (χ0n) is 17.9. The molecule has 1 aromatic carbocycles. The molecule has 2 unspecified atom stereocenters. The molecule has 1 aromatic heterocycles. The normalized spacial score (nSPS) is 14.0. The number of rotatable bonds is 10. The molecule has 11 heteroatoms. The number of nitrogens with one attached hydrogen (secondary N) is 1. The molecular formula is C21H26ClN3O6S. The van der Waals surface area contributed by atoms with Crippen molar-refractivity contribution in [2.45, 2.75) is 44.8 Å². The Bertz CT molecular complexity index is 1090. The van der Waals surface area contributed by atoms with Gasteiger partial charge in [-0.1, -0.05) is 49.7 Å². The molecule has 2 aromatic rings. The number of aliphatic carboxylic acids is 1. The highest BCUT2D eigenvalue weighted by molar-refractivity contribution is 7.91. The van der Waals surface area contributed by atoms with E-state index in [1.165, 1.54) is 6.08 Å². The maximum Gasteiger partial charge on any atom is 0.305 e. The smallest absolute Gasteiger partial charge is 0.305 e. The second kappa shape index (κ2) is 10.9. The number of benzene rings is 1. The number of carboxylic acids is 1. The summed E-state index contributed by atoms with van der Waals surface area (Å²) in [6, 6.07) is 6.79. The number of sulfonamides is 1. The SMILES string of the molecule is CC(C)c1nc(NS(C)(=O)=O)nc(-c2ccc(Cl)cc2)c1/C=C/C(O)CC(O)CC(=O)O. The molecule has 0 aliphatic rings. The van der Waals surface area contributed by atoms with E-state index in [1.54, 1.807) is 30.3 Å². The predicted molar refractivity (Wildman–Crippen MR) is 123 cm³/mol. The Morgan fingerprint density at radius 3 is 2.34 bits per heavy atom. The number of hydrogen-bond donors (Lipinski definition) is 4. The third-order valence-corrected chi connectivity index (χ3v) is 5.13. The molecule has 174 valence electrons. The lowest BCUT2D eigenvalue weighted by atomic mass is 9.97. The van der Waals surface area contributed by atoms with E-state index in [2.05, 4.69) is 14.7 Å². The first-order valence-corrected chi connectivity index (χ1v) is 12.0. The second-order valence-corrected chi connectivity index (χ2v) is 9.83. The van der Waals surface area contributed by atoms with Gasteiger partial charge in [0, 0.05) is 22.6 Å². The Kier molecular flexibility index (Phi) is 8.73. The third kappa shape index (κ3) is 7.86. The number of halogens is 1. The summed E-state index contributed by atoms with van der Waals surface area (Å²) >= 11 is 5.99. The van der Waals surface area contributed by atoms with Crippen LogP contribution in [-0.2, 0) is 14.8 Å². The Labute approximate surface area is 191 Å². The van der Waals surface area contributed by atoms with Crippen molar-refractivity contribution >= 4 is 39.6 Å². The minimum Gasteiger partial charge on any atom is -0.481 e. The van der Waals surface area contributed by atoms with Gasteiger partial charge in [0.2, 0.25) is 16.0 Å². The predicted octanol–water partition coefficient (Wildman–Crippen LogP) is 2.89. The van der Waals surface area contributed by atoms with Crippen LogP contribution in [0.15, 0.2) is 30.3 Å². The van der Waals surface area contributed by atoms with Crippen LogP contribution in [0.5, 0.6) is 0 Å². The van der Waals surface area contributed by atoms with Gasteiger partial charge in [-0.25, -0.2) is 18.4 Å².